The molecule has 1 heterocycles. The summed E-state index contributed by atoms with van der Waals surface area (Å²) in [4.78, 5) is 2.49. The second-order valence-corrected chi connectivity index (χ2v) is 5.62. The second-order valence-electron chi connectivity index (χ2n) is 5.21. The van der Waals surface area contributed by atoms with Crippen LogP contribution in [0.15, 0.2) is 18.2 Å². The summed E-state index contributed by atoms with van der Waals surface area (Å²) in [6, 6.07) is 5.14. The van der Waals surface area contributed by atoms with Crippen LogP contribution in [-0.4, -0.2) is 30.6 Å². The highest BCUT2D eigenvalue weighted by atomic mass is 35.5. The van der Waals surface area contributed by atoms with Crippen molar-refractivity contribution in [3.8, 4) is 0 Å². The monoisotopic (exact) mass is 284 g/mol. The van der Waals surface area contributed by atoms with E-state index < -0.39 is 0 Å². The van der Waals surface area contributed by atoms with Crippen molar-refractivity contribution >= 4 is 17.3 Å². The van der Waals surface area contributed by atoms with Crippen LogP contribution in [0.5, 0.6) is 0 Å². The Morgan fingerprint density at radius 2 is 2.21 bits per heavy atom. The summed E-state index contributed by atoms with van der Waals surface area (Å²) < 4.78 is 13.7. The van der Waals surface area contributed by atoms with E-state index in [0.717, 1.165) is 38.9 Å². The molecule has 1 aromatic rings. The molecule has 0 spiro atoms. The molecule has 2 nitrogen and oxygen atoms in total. The van der Waals surface area contributed by atoms with Gasteiger partial charge in [-0.3, -0.25) is 0 Å². The maximum atomic E-state index is 13.7. The highest BCUT2D eigenvalue weighted by molar-refractivity contribution is 6.33. The van der Waals surface area contributed by atoms with Crippen LogP contribution in [0.25, 0.3) is 0 Å². The first-order chi connectivity index (χ1) is 9.20. The zero-order valence-electron chi connectivity index (χ0n) is 11.5. The molecule has 1 aliphatic rings. The number of para-hydroxylation sites is 1. The van der Waals surface area contributed by atoms with Crippen LogP contribution in [0.1, 0.15) is 32.6 Å². The van der Waals surface area contributed by atoms with Gasteiger partial charge in [0.1, 0.15) is 5.82 Å². The molecule has 0 aromatic heterocycles. The number of nitrogens with zero attached hydrogens (tertiary/aromatic N) is 1. The largest absolute Gasteiger partial charge is 0.379 e. The lowest BCUT2D eigenvalue weighted by Crippen LogP contribution is -2.27. The zero-order chi connectivity index (χ0) is 13.7. The summed E-state index contributed by atoms with van der Waals surface area (Å²) in [6.45, 7) is 5.60. The standard InChI is InChI=1S/C15H22ClFN2/c1-2-9-19-10-4-5-12(8-11-19)18-15-13(16)6-3-7-14(15)17/h3,6-7,12,18H,2,4-5,8-11H2,1H3. The first-order valence-electron chi connectivity index (χ1n) is 7.13. The number of rotatable bonds is 4. The minimum Gasteiger partial charge on any atom is -0.379 e. The number of benzene rings is 1. The molecule has 1 saturated heterocycles. The zero-order valence-corrected chi connectivity index (χ0v) is 12.2. The van der Waals surface area contributed by atoms with E-state index in [-0.39, 0.29) is 5.82 Å². The fourth-order valence-corrected chi connectivity index (χ4v) is 2.90. The van der Waals surface area contributed by atoms with E-state index in [1.807, 2.05) is 0 Å². The van der Waals surface area contributed by atoms with E-state index >= 15 is 0 Å². The van der Waals surface area contributed by atoms with Gasteiger partial charge in [-0.15, -0.1) is 0 Å². The molecule has 0 aliphatic carbocycles. The fourth-order valence-electron chi connectivity index (χ4n) is 2.68. The van der Waals surface area contributed by atoms with Gasteiger partial charge in [-0.2, -0.15) is 0 Å². The molecule has 19 heavy (non-hydrogen) atoms. The van der Waals surface area contributed by atoms with Crippen molar-refractivity contribution in [3.63, 3.8) is 0 Å². The van der Waals surface area contributed by atoms with Gasteiger partial charge < -0.3 is 10.2 Å². The van der Waals surface area contributed by atoms with Crippen LogP contribution in [0.4, 0.5) is 10.1 Å². The van der Waals surface area contributed by atoms with Gasteiger partial charge in [0.05, 0.1) is 10.7 Å². The Morgan fingerprint density at radius 1 is 1.37 bits per heavy atom. The summed E-state index contributed by atoms with van der Waals surface area (Å²) in [6.07, 6.45) is 4.47. The van der Waals surface area contributed by atoms with Gasteiger partial charge in [0.15, 0.2) is 0 Å². The molecule has 0 saturated carbocycles. The van der Waals surface area contributed by atoms with Gasteiger partial charge in [0.2, 0.25) is 0 Å². The van der Waals surface area contributed by atoms with E-state index in [1.165, 1.54) is 12.5 Å². The Bertz CT molecular complexity index is 391. The van der Waals surface area contributed by atoms with Crippen molar-refractivity contribution < 1.29 is 4.39 Å². The van der Waals surface area contributed by atoms with Crippen molar-refractivity contribution in [2.24, 2.45) is 0 Å². The maximum absolute atomic E-state index is 13.7. The van der Waals surface area contributed by atoms with Crippen LogP contribution in [0.3, 0.4) is 0 Å². The third-order valence-corrected chi connectivity index (χ3v) is 3.99. The molecule has 1 unspecified atom stereocenters. The van der Waals surface area contributed by atoms with Crippen LogP contribution in [-0.2, 0) is 0 Å². The Hall–Kier alpha value is -0.800. The minimum absolute atomic E-state index is 0.262. The predicted octanol–water partition coefficient (Wildman–Crippen LogP) is 4.16. The topological polar surface area (TPSA) is 15.3 Å². The van der Waals surface area contributed by atoms with E-state index in [9.17, 15) is 4.39 Å². The van der Waals surface area contributed by atoms with Crippen molar-refractivity contribution in [1.29, 1.82) is 0 Å². The molecule has 0 radical (unpaired) electrons. The van der Waals surface area contributed by atoms with Gasteiger partial charge in [-0.25, -0.2) is 4.39 Å². The van der Waals surface area contributed by atoms with Crippen LogP contribution in [0.2, 0.25) is 5.02 Å². The summed E-state index contributed by atoms with van der Waals surface area (Å²) in [5, 5.41) is 3.75. The minimum atomic E-state index is -0.262. The molecule has 106 valence electrons. The first-order valence-corrected chi connectivity index (χ1v) is 7.51. The number of nitrogens with one attached hydrogen (secondary N) is 1. The smallest absolute Gasteiger partial charge is 0.147 e. The van der Waals surface area contributed by atoms with Crippen molar-refractivity contribution in [2.75, 3.05) is 25.0 Å². The van der Waals surface area contributed by atoms with Crippen molar-refractivity contribution in [3.05, 3.63) is 29.0 Å². The molecule has 2 rings (SSSR count). The van der Waals surface area contributed by atoms with Gasteiger partial charge in [0.25, 0.3) is 0 Å². The molecule has 0 bridgehead atoms. The molecule has 1 fully saturated rings. The van der Waals surface area contributed by atoms with E-state index in [4.69, 9.17) is 11.6 Å². The highest BCUT2D eigenvalue weighted by Crippen LogP contribution is 2.27. The molecular formula is C15H22ClFN2. The van der Waals surface area contributed by atoms with E-state index in [2.05, 4.69) is 17.1 Å². The lowest BCUT2D eigenvalue weighted by molar-refractivity contribution is 0.285. The average molecular weight is 285 g/mol. The van der Waals surface area contributed by atoms with Crippen molar-refractivity contribution in [1.82, 2.24) is 4.90 Å². The summed E-state index contributed by atoms with van der Waals surface area (Å²) >= 11 is 6.06. The first kappa shape index (κ1) is 14.6. The number of hydrogen-bond donors (Lipinski definition) is 1. The molecule has 4 heteroatoms. The summed E-state index contributed by atoms with van der Waals surface area (Å²) in [5.74, 6) is -0.262. The van der Waals surface area contributed by atoms with Crippen LogP contribution in [0, 0.1) is 5.82 Å². The van der Waals surface area contributed by atoms with Gasteiger partial charge in [-0.05, 0) is 50.9 Å². The number of anilines is 1. The SMILES string of the molecule is CCCN1CCCC(Nc2c(F)cccc2Cl)CC1. The van der Waals surface area contributed by atoms with Gasteiger partial charge >= 0.3 is 0 Å². The quantitative estimate of drug-likeness (QED) is 0.893. The Labute approximate surface area is 119 Å². The molecule has 0 amide bonds. The Balaban J connectivity index is 1.96. The second kappa shape index (κ2) is 7.11. The predicted molar refractivity (Wildman–Crippen MR) is 79.4 cm³/mol. The fraction of sp³-hybridized carbons (Fsp3) is 0.600. The third-order valence-electron chi connectivity index (χ3n) is 3.67. The molecule has 1 atom stereocenters. The van der Waals surface area contributed by atoms with Gasteiger partial charge in [0, 0.05) is 12.6 Å². The molecular weight excluding hydrogens is 263 g/mol. The maximum Gasteiger partial charge on any atom is 0.147 e. The number of likely N-dealkylation sites (tertiary alicyclic amines) is 1. The molecule has 1 N–H and O–H groups in total. The van der Waals surface area contributed by atoms with E-state index in [0.29, 0.717) is 16.8 Å². The summed E-state index contributed by atoms with van der Waals surface area (Å²) in [5.41, 5.74) is 0.457. The third kappa shape index (κ3) is 4.08. The lowest BCUT2D eigenvalue weighted by Gasteiger charge is -2.20. The average Bonchev–Trinajstić information content (AvgIpc) is 2.60. The van der Waals surface area contributed by atoms with Gasteiger partial charge in [-0.1, -0.05) is 24.6 Å². The van der Waals surface area contributed by atoms with Crippen LogP contribution < -0.4 is 5.32 Å². The summed E-state index contributed by atoms with van der Waals surface area (Å²) in [7, 11) is 0. The van der Waals surface area contributed by atoms with Crippen molar-refractivity contribution in [2.45, 2.75) is 38.6 Å². The highest BCUT2D eigenvalue weighted by Gasteiger charge is 2.18. The Kier molecular flexibility index (Phi) is 5.46. The van der Waals surface area contributed by atoms with Crippen LogP contribution >= 0.6 is 11.6 Å². The Morgan fingerprint density at radius 3 is 2.95 bits per heavy atom. The number of hydrogen-bond acceptors (Lipinski definition) is 2. The lowest BCUT2D eigenvalue weighted by atomic mass is 10.1. The number of halogens is 2. The molecule has 1 aromatic carbocycles. The normalized spacial score (nSPS) is 21.1. The van der Waals surface area contributed by atoms with E-state index in [1.54, 1.807) is 12.1 Å². The molecule has 1 aliphatic heterocycles.